The molecule has 0 aromatic heterocycles. The zero-order chi connectivity index (χ0) is 15.8. The molecule has 0 radical (unpaired) electrons. The fourth-order valence-corrected chi connectivity index (χ4v) is 3.19. The maximum absolute atomic E-state index is 12.3. The lowest BCUT2D eigenvalue weighted by molar-refractivity contribution is 0.0950. The van der Waals surface area contributed by atoms with E-state index in [2.05, 4.69) is 43.4 Å². The normalized spacial score (nSPS) is 10.5. The number of aryl methyl sites for hydroxylation is 2. The van der Waals surface area contributed by atoms with Crippen molar-refractivity contribution in [3.05, 3.63) is 65.2 Å². The Morgan fingerprint density at radius 3 is 2.73 bits per heavy atom. The number of amides is 1. The van der Waals surface area contributed by atoms with Crippen LogP contribution in [0.5, 0.6) is 0 Å². The molecule has 0 bridgehead atoms. The van der Waals surface area contributed by atoms with Gasteiger partial charge in [-0.15, -0.1) is 11.8 Å². The van der Waals surface area contributed by atoms with E-state index < -0.39 is 0 Å². The van der Waals surface area contributed by atoms with Crippen LogP contribution in [-0.2, 0) is 6.42 Å². The number of hydrogen-bond acceptors (Lipinski definition) is 2. The molecule has 2 rings (SSSR count). The molecule has 0 spiro atoms. The van der Waals surface area contributed by atoms with Gasteiger partial charge < -0.3 is 5.32 Å². The summed E-state index contributed by atoms with van der Waals surface area (Å²) in [5.41, 5.74) is 3.40. The number of thioether (sulfide) groups is 1. The summed E-state index contributed by atoms with van der Waals surface area (Å²) in [5.74, 6) is 0.998. The smallest absolute Gasteiger partial charge is 0.252 e. The first kappa shape index (κ1) is 16.6. The number of benzene rings is 2. The highest BCUT2D eigenvalue weighted by Gasteiger charge is 2.09. The second kappa shape index (κ2) is 8.64. The first-order valence-corrected chi connectivity index (χ1v) is 8.75. The van der Waals surface area contributed by atoms with Crippen molar-refractivity contribution in [1.82, 2.24) is 5.32 Å². The van der Waals surface area contributed by atoms with Crippen LogP contribution >= 0.6 is 11.8 Å². The van der Waals surface area contributed by atoms with Crippen molar-refractivity contribution < 1.29 is 4.79 Å². The molecule has 2 aromatic rings. The molecule has 116 valence electrons. The highest BCUT2D eigenvalue weighted by atomic mass is 32.2. The number of carbonyl (C=O) groups excluding carboxylic acids is 1. The van der Waals surface area contributed by atoms with E-state index in [4.69, 9.17) is 0 Å². The molecule has 0 saturated heterocycles. The van der Waals surface area contributed by atoms with Crippen LogP contribution in [0.2, 0.25) is 0 Å². The Morgan fingerprint density at radius 1 is 1.14 bits per heavy atom. The summed E-state index contributed by atoms with van der Waals surface area (Å²) in [6.07, 6.45) is 1.95. The lowest BCUT2D eigenvalue weighted by Crippen LogP contribution is -2.25. The van der Waals surface area contributed by atoms with Gasteiger partial charge in [0.25, 0.3) is 5.91 Å². The first-order chi connectivity index (χ1) is 10.7. The van der Waals surface area contributed by atoms with Crippen LogP contribution in [0.25, 0.3) is 0 Å². The Balaban J connectivity index is 1.83. The maximum atomic E-state index is 12.3. The van der Waals surface area contributed by atoms with Crippen LogP contribution in [0.1, 0.15) is 34.8 Å². The molecule has 0 heterocycles. The van der Waals surface area contributed by atoms with Crippen LogP contribution in [-0.4, -0.2) is 18.2 Å². The fraction of sp³-hybridized carbons (Fsp3) is 0.316. The lowest BCUT2D eigenvalue weighted by Gasteiger charge is -2.09. The Morgan fingerprint density at radius 2 is 1.95 bits per heavy atom. The van der Waals surface area contributed by atoms with E-state index in [9.17, 15) is 4.79 Å². The monoisotopic (exact) mass is 313 g/mol. The fourth-order valence-electron chi connectivity index (χ4n) is 2.39. The molecular weight excluding hydrogens is 290 g/mol. The van der Waals surface area contributed by atoms with Crippen LogP contribution < -0.4 is 5.32 Å². The minimum Gasteiger partial charge on any atom is -0.352 e. The average molecular weight is 313 g/mol. The molecule has 0 fully saturated rings. The van der Waals surface area contributed by atoms with Crippen LogP contribution in [0.4, 0.5) is 0 Å². The highest BCUT2D eigenvalue weighted by Crippen LogP contribution is 2.22. The zero-order valence-electron chi connectivity index (χ0n) is 13.3. The second-order valence-electron chi connectivity index (χ2n) is 5.28. The molecule has 0 atom stereocenters. The number of hydrogen-bond donors (Lipinski definition) is 1. The quantitative estimate of drug-likeness (QED) is 0.603. The number of carbonyl (C=O) groups is 1. The van der Waals surface area contributed by atoms with Gasteiger partial charge in [0.05, 0.1) is 5.56 Å². The molecule has 1 N–H and O–H groups in total. The summed E-state index contributed by atoms with van der Waals surface area (Å²) in [6, 6.07) is 16.3. The molecule has 1 amide bonds. The Kier molecular flexibility index (Phi) is 6.53. The predicted molar refractivity (Wildman–Crippen MR) is 94.7 cm³/mol. The standard InChI is InChI=1S/C19H23NOS/c1-3-22-18-12-5-4-11-17(18)19(21)20-13-7-10-16-9-6-8-15(2)14-16/h4-6,8-9,11-12,14H,3,7,10,13H2,1-2H3,(H,20,21). The van der Waals surface area contributed by atoms with Gasteiger partial charge in [-0.3, -0.25) is 4.79 Å². The molecule has 2 nitrogen and oxygen atoms in total. The summed E-state index contributed by atoms with van der Waals surface area (Å²) < 4.78 is 0. The van der Waals surface area contributed by atoms with Gasteiger partial charge >= 0.3 is 0 Å². The highest BCUT2D eigenvalue weighted by molar-refractivity contribution is 7.99. The number of rotatable bonds is 7. The largest absolute Gasteiger partial charge is 0.352 e. The van der Waals surface area contributed by atoms with E-state index in [1.807, 2.05) is 24.3 Å². The Labute approximate surface area is 137 Å². The van der Waals surface area contributed by atoms with Crippen LogP contribution in [0, 0.1) is 6.92 Å². The molecule has 0 aliphatic carbocycles. The van der Waals surface area contributed by atoms with Gasteiger partial charge in [-0.05, 0) is 43.2 Å². The van der Waals surface area contributed by atoms with Crippen molar-refractivity contribution in [2.24, 2.45) is 0 Å². The van der Waals surface area contributed by atoms with Gasteiger partial charge in [-0.2, -0.15) is 0 Å². The molecule has 0 aliphatic heterocycles. The third-order valence-corrected chi connectivity index (χ3v) is 4.40. The molecule has 3 heteroatoms. The number of nitrogens with one attached hydrogen (secondary N) is 1. The third kappa shape index (κ3) is 4.92. The van der Waals surface area contributed by atoms with E-state index in [1.165, 1.54) is 11.1 Å². The van der Waals surface area contributed by atoms with Crippen molar-refractivity contribution in [3.8, 4) is 0 Å². The SMILES string of the molecule is CCSc1ccccc1C(=O)NCCCc1cccc(C)c1. The van der Waals surface area contributed by atoms with E-state index in [1.54, 1.807) is 11.8 Å². The maximum Gasteiger partial charge on any atom is 0.252 e. The molecule has 2 aromatic carbocycles. The summed E-state index contributed by atoms with van der Waals surface area (Å²) in [6.45, 7) is 4.91. The van der Waals surface area contributed by atoms with Crippen LogP contribution in [0.3, 0.4) is 0 Å². The topological polar surface area (TPSA) is 29.1 Å². The minimum absolute atomic E-state index is 0.0285. The summed E-state index contributed by atoms with van der Waals surface area (Å²) in [4.78, 5) is 13.3. The van der Waals surface area contributed by atoms with Crippen molar-refractivity contribution in [2.45, 2.75) is 31.6 Å². The molecule has 0 saturated carbocycles. The van der Waals surface area contributed by atoms with Gasteiger partial charge in [0, 0.05) is 11.4 Å². The lowest BCUT2D eigenvalue weighted by atomic mass is 10.1. The first-order valence-electron chi connectivity index (χ1n) is 7.76. The minimum atomic E-state index is 0.0285. The van der Waals surface area contributed by atoms with Crippen molar-refractivity contribution in [1.29, 1.82) is 0 Å². The summed E-state index contributed by atoms with van der Waals surface area (Å²) in [5, 5.41) is 3.03. The third-order valence-electron chi connectivity index (χ3n) is 3.44. The van der Waals surface area contributed by atoms with E-state index in [0.29, 0.717) is 6.54 Å². The van der Waals surface area contributed by atoms with Crippen LogP contribution in [0.15, 0.2) is 53.4 Å². The summed E-state index contributed by atoms with van der Waals surface area (Å²) >= 11 is 1.71. The zero-order valence-corrected chi connectivity index (χ0v) is 14.1. The van der Waals surface area contributed by atoms with Crippen molar-refractivity contribution in [3.63, 3.8) is 0 Å². The Bertz CT molecular complexity index is 624. The molecule has 0 aliphatic rings. The van der Waals surface area contributed by atoms with E-state index >= 15 is 0 Å². The summed E-state index contributed by atoms with van der Waals surface area (Å²) in [7, 11) is 0. The predicted octanol–water partition coefficient (Wildman–Crippen LogP) is 4.47. The average Bonchev–Trinajstić information content (AvgIpc) is 2.52. The van der Waals surface area contributed by atoms with E-state index in [0.717, 1.165) is 29.1 Å². The van der Waals surface area contributed by atoms with Crippen molar-refractivity contribution in [2.75, 3.05) is 12.3 Å². The molecular formula is C19H23NOS. The van der Waals surface area contributed by atoms with E-state index in [-0.39, 0.29) is 5.91 Å². The van der Waals surface area contributed by atoms with Crippen molar-refractivity contribution >= 4 is 17.7 Å². The second-order valence-corrected chi connectivity index (χ2v) is 6.58. The van der Waals surface area contributed by atoms with Gasteiger partial charge in [0.1, 0.15) is 0 Å². The van der Waals surface area contributed by atoms with Gasteiger partial charge in [0.2, 0.25) is 0 Å². The molecule has 22 heavy (non-hydrogen) atoms. The van der Waals surface area contributed by atoms with Gasteiger partial charge in [0.15, 0.2) is 0 Å². The van der Waals surface area contributed by atoms with Gasteiger partial charge in [-0.25, -0.2) is 0 Å². The Hall–Kier alpha value is -1.74. The molecule has 0 unspecified atom stereocenters. The van der Waals surface area contributed by atoms with Gasteiger partial charge in [-0.1, -0.05) is 48.9 Å².